The van der Waals surface area contributed by atoms with Crippen LogP contribution in [0.3, 0.4) is 0 Å². The Bertz CT molecular complexity index is 958. The maximum atomic E-state index is 12.3. The van der Waals surface area contributed by atoms with Gasteiger partial charge in [0.05, 0.1) is 12.5 Å². The van der Waals surface area contributed by atoms with Crippen molar-refractivity contribution in [2.45, 2.75) is 31.8 Å². The lowest BCUT2D eigenvalue weighted by atomic mass is 9.97. The molecule has 1 saturated heterocycles. The zero-order chi connectivity index (χ0) is 20.1. The number of rotatable bonds is 4. The highest BCUT2D eigenvalue weighted by Crippen LogP contribution is 2.17. The van der Waals surface area contributed by atoms with Crippen molar-refractivity contribution in [1.82, 2.24) is 16.0 Å². The van der Waals surface area contributed by atoms with Crippen LogP contribution in [0, 0.1) is 11.8 Å². The molecule has 1 aliphatic heterocycles. The van der Waals surface area contributed by atoms with Crippen molar-refractivity contribution in [1.29, 1.82) is 0 Å². The molecule has 1 heterocycles. The second kappa shape index (κ2) is 7.97. The van der Waals surface area contributed by atoms with Crippen LogP contribution in [-0.4, -0.2) is 23.4 Å². The quantitative estimate of drug-likeness (QED) is 0.566. The monoisotopic (exact) mass is 375 g/mol. The highest BCUT2D eigenvalue weighted by Gasteiger charge is 2.43. The summed E-state index contributed by atoms with van der Waals surface area (Å²) in [6, 6.07) is 16.5. The van der Waals surface area contributed by atoms with Crippen molar-refractivity contribution >= 4 is 17.8 Å². The standard InChI is InChI=1S/C22H21N3O3/c1-15(23-19(26)14-22(2)20(27)24-21(28)25-22)18-12-10-17(11-13-18)9-8-16-6-4-3-5-7-16/h3-7,10-13,15H,14H2,1-2H3,(H,23,26)(H2,24,25,27,28)/t15-,22?/m1/s1. The Morgan fingerprint density at radius 2 is 1.64 bits per heavy atom. The van der Waals surface area contributed by atoms with E-state index in [1.807, 2.05) is 61.5 Å². The number of imide groups is 1. The van der Waals surface area contributed by atoms with E-state index in [1.54, 1.807) is 0 Å². The lowest BCUT2D eigenvalue weighted by Gasteiger charge is -2.21. The van der Waals surface area contributed by atoms with Crippen LogP contribution < -0.4 is 16.0 Å². The van der Waals surface area contributed by atoms with Crippen molar-refractivity contribution in [3.05, 3.63) is 71.3 Å². The Kier molecular flexibility index (Phi) is 5.46. The molecule has 28 heavy (non-hydrogen) atoms. The van der Waals surface area contributed by atoms with Crippen LogP contribution in [0.4, 0.5) is 4.79 Å². The predicted octanol–water partition coefficient (Wildman–Crippen LogP) is 2.25. The molecular weight excluding hydrogens is 354 g/mol. The molecule has 0 saturated carbocycles. The second-order valence-electron chi connectivity index (χ2n) is 6.94. The normalized spacial score (nSPS) is 19.1. The molecule has 2 atom stereocenters. The first-order chi connectivity index (χ1) is 13.4. The molecule has 3 N–H and O–H groups in total. The molecule has 2 aromatic carbocycles. The van der Waals surface area contributed by atoms with Gasteiger partial charge in [-0.1, -0.05) is 42.2 Å². The minimum Gasteiger partial charge on any atom is -0.349 e. The number of carbonyl (C=O) groups is 3. The average Bonchev–Trinajstić information content (AvgIpc) is 2.92. The van der Waals surface area contributed by atoms with Crippen LogP contribution in [0.25, 0.3) is 0 Å². The van der Waals surface area contributed by atoms with Gasteiger partial charge in [0.25, 0.3) is 5.91 Å². The highest BCUT2D eigenvalue weighted by molar-refractivity contribution is 6.08. The largest absolute Gasteiger partial charge is 0.349 e. The first-order valence-electron chi connectivity index (χ1n) is 8.96. The molecule has 3 rings (SSSR count). The van der Waals surface area contributed by atoms with Crippen LogP contribution in [0.5, 0.6) is 0 Å². The van der Waals surface area contributed by atoms with Crippen molar-refractivity contribution in [2.75, 3.05) is 0 Å². The Morgan fingerprint density at radius 3 is 2.21 bits per heavy atom. The van der Waals surface area contributed by atoms with Gasteiger partial charge in [-0.3, -0.25) is 14.9 Å². The van der Waals surface area contributed by atoms with Crippen LogP contribution in [-0.2, 0) is 9.59 Å². The molecule has 1 fully saturated rings. The van der Waals surface area contributed by atoms with Gasteiger partial charge in [0.1, 0.15) is 5.54 Å². The Hall–Kier alpha value is -3.59. The smallest absolute Gasteiger partial charge is 0.322 e. The molecule has 1 unspecified atom stereocenters. The summed E-state index contributed by atoms with van der Waals surface area (Å²) in [7, 11) is 0. The number of hydrogen-bond donors (Lipinski definition) is 3. The van der Waals surface area contributed by atoms with Gasteiger partial charge < -0.3 is 10.6 Å². The van der Waals surface area contributed by atoms with Gasteiger partial charge >= 0.3 is 6.03 Å². The number of hydrogen-bond acceptors (Lipinski definition) is 3. The molecule has 6 nitrogen and oxygen atoms in total. The topological polar surface area (TPSA) is 87.3 Å². The van der Waals surface area contributed by atoms with Gasteiger partial charge in [-0.15, -0.1) is 0 Å². The summed E-state index contributed by atoms with van der Waals surface area (Å²) in [6.45, 7) is 3.38. The Morgan fingerprint density at radius 1 is 1.04 bits per heavy atom. The van der Waals surface area contributed by atoms with E-state index in [1.165, 1.54) is 6.92 Å². The van der Waals surface area contributed by atoms with Gasteiger partial charge in [-0.05, 0) is 43.7 Å². The summed E-state index contributed by atoms with van der Waals surface area (Å²) in [5.74, 6) is 5.39. The van der Waals surface area contributed by atoms with Gasteiger partial charge in [-0.2, -0.15) is 0 Å². The zero-order valence-corrected chi connectivity index (χ0v) is 15.7. The number of nitrogens with one attached hydrogen (secondary N) is 3. The van der Waals surface area contributed by atoms with Crippen molar-refractivity contribution < 1.29 is 14.4 Å². The third kappa shape index (κ3) is 4.57. The van der Waals surface area contributed by atoms with E-state index in [2.05, 4.69) is 27.8 Å². The van der Waals surface area contributed by atoms with Gasteiger partial charge in [0, 0.05) is 11.1 Å². The van der Waals surface area contributed by atoms with E-state index in [0.29, 0.717) is 0 Å². The molecule has 0 spiro atoms. The molecule has 0 aromatic heterocycles. The van der Waals surface area contributed by atoms with Crippen molar-refractivity contribution in [2.24, 2.45) is 0 Å². The van der Waals surface area contributed by atoms with E-state index >= 15 is 0 Å². The molecular formula is C22H21N3O3. The third-order valence-electron chi connectivity index (χ3n) is 4.54. The zero-order valence-electron chi connectivity index (χ0n) is 15.7. The summed E-state index contributed by atoms with van der Waals surface area (Å²) in [5, 5.41) is 7.48. The molecule has 4 amide bonds. The minimum atomic E-state index is -1.22. The number of urea groups is 1. The summed E-state index contributed by atoms with van der Waals surface area (Å²) >= 11 is 0. The van der Waals surface area contributed by atoms with E-state index in [-0.39, 0.29) is 18.4 Å². The SMILES string of the molecule is C[C@@H](NC(=O)CC1(C)NC(=O)NC1=O)c1ccc(C#Cc2ccccc2)cc1. The maximum Gasteiger partial charge on any atom is 0.322 e. The first kappa shape index (κ1) is 19.2. The van der Waals surface area contributed by atoms with Crippen LogP contribution in [0.15, 0.2) is 54.6 Å². The second-order valence-corrected chi connectivity index (χ2v) is 6.94. The number of amides is 4. The molecule has 6 heteroatoms. The van der Waals surface area contributed by atoms with Crippen LogP contribution in [0.2, 0.25) is 0 Å². The van der Waals surface area contributed by atoms with Crippen molar-refractivity contribution in [3.63, 3.8) is 0 Å². The summed E-state index contributed by atoms with van der Waals surface area (Å²) in [6.07, 6.45) is -0.129. The lowest BCUT2D eigenvalue weighted by molar-refractivity contribution is -0.129. The summed E-state index contributed by atoms with van der Waals surface area (Å²) < 4.78 is 0. The number of carbonyl (C=O) groups excluding carboxylic acids is 3. The average molecular weight is 375 g/mol. The van der Waals surface area contributed by atoms with Crippen molar-refractivity contribution in [3.8, 4) is 11.8 Å². The summed E-state index contributed by atoms with van der Waals surface area (Å²) in [5.41, 5.74) is 1.52. The van der Waals surface area contributed by atoms with E-state index in [4.69, 9.17) is 0 Å². The van der Waals surface area contributed by atoms with E-state index < -0.39 is 17.5 Å². The summed E-state index contributed by atoms with van der Waals surface area (Å²) in [4.78, 5) is 35.4. The van der Waals surface area contributed by atoms with Gasteiger partial charge in [-0.25, -0.2) is 4.79 Å². The molecule has 2 aromatic rings. The molecule has 0 bridgehead atoms. The third-order valence-corrected chi connectivity index (χ3v) is 4.54. The fourth-order valence-corrected chi connectivity index (χ4v) is 2.92. The van der Waals surface area contributed by atoms with Crippen LogP contribution in [0.1, 0.15) is 43.0 Å². The van der Waals surface area contributed by atoms with Crippen LogP contribution >= 0.6 is 0 Å². The first-order valence-corrected chi connectivity index (χ1v) is 8.96. The molecule has 0 aliphatic carbocycles. The minimum absolute atomic E-state index is 0.129. The maximum absolute atomic E-state index is 12.3. The Balaban J connectivity index is 1.59. The van der Waals surface area contributed by atoms with Gasteiger partial charge in [0.15, 0.2) is 0 Å². The molecule has 1 aliphatic rings. The van der Waals surface area contributed by atoms with E-state index in [9.17, 15) is 14.4 Å². The van der Waals surface area contributed by atoms with Gasteiger partial charge in [0.2, 0.25) is 5.91 Å². The Labute approximate surface area is 163 Å². The molecule has 0 radical (unpaired) electrons. The fraction of sp³-hybridized carbons (Fsp3) is 0.227. The number of benzene rings is 2. The van der Waals surface area contributed by atoms with E-state index in [0.717, 1.165) is 16.7 Å². The molecule has 142 valence electrons. The predicted molar refractivity (Wildman–Crippen MR) is 105 cm³/mol. The fourth-order valence-electron chi connectivity index (χ4n) is 2.92. The lowest BCUT2D eigenvalue weighted by Crippen LogP contribution is -2.47. The highest BCUT2D eigenvalue weighted by atomic mass is 16.2.